The predicted molar refractivity (Wildman–Crippen MR) is 100 cm³/mol. The third-order valence-electron chi connectivity index (χ3n) is 4.65. The normalized spacial score (nSPS) is 13.2. The number of fused-ring (bicyclic) bond motifs is 1. The van der Waals surface area contributed by atoms with E-state index in [2.05, 4.69) is 10.3 Å². The quantitative estimate of drug-likeness (QED) is 0.659. The fourth-order valence-electron chi connectivity index (χ4n) is 3.29. The SMILES string of the molecule is O=C(c1cc(Nc2ccc(F)c(F)c2F)ccn1)N1CCCc2ccccc21. The van der Waals surface area contributed by atoms with Crippen LogP contribution in [0.4, 0.5) is 30.2 Å². The smallest absolute Gasteiger partial charge is 0.276 e. The summed E-state index contributed by atoms with van der Waals surface area (Å²) >= 11 is 0. The molecule has 1 amide bonds. The molecule has 1 aromatic heterocycles. The average molecular weight is 383 g/mol. The Hall–Kier alpha value is -3.35. The van der Waals surface area contributed by atoms with Crippen molar-refractivity contribution in [3.8, 4) is 0 Å². The molecule has 7 heteroatoms. The molecule has 0 atom stereocenters. The van der Waals surface area contributed by atoms with Gasteiger partial charge in [-0.15, -0.1) is 0 Å². The molecule has 0 bridgehead atoms. The van der Waals surface area contributed by atoms with E-state index in [1.165, 1.54) is 18.3 Å². The summed E-state index contributed by atoms with van der Waals surface area (Å²) in [7, 11) is 0. The van der Waals surface area contributed by atoms with Crippen LogP contribution in [0, 0.1) is 17.5 Å². The summed E-state index contributed by atoms with van der Waals surface area (Å²) in [4.78, 5) is 18.8. The molecule has 0 saturated heterocycles. The number of aryl methyl sites for hydroxylation is 1. The molecule has 28 heavy (non-hydrogen) atoms. The molecular weight excluding hydrogens is 367 g/mol. The molecule has 1 aliphatic rings. The first-order chi connectivity index (χ1) is 13.5. The van der Waals surface area contributed by atoms with E-state index in [0.717, 1.165) is 36.2 Å². The fourth-order valence-corrected chi connectivity index (χ4v) is 3.29. The van der Waals surface area contributed by atoms with Crippen LogP contribution in [0.1, 0.15) is 22.5 Å². The van der Waals surface area contributed by atoms with E-state index in [1.54, 1.807) is 4.90 Å². The van der Waals surface area contributed by atoms with Gasteiger partial charge in [-0.1, -0.05) is 18.2 Å². The fraction of sp³-hybridized carbons (Fsp3) is 0.143. The standard InChI is InChI=1S/C21H16F3N3O/c22-15-7-8-16(20(24)19(15)23)26-14-9-10-25-17(12-14)21(28)27-11-3-5-13-4-1-2-6-18(13)27/h1-2,4,6-10,12H,3,5,11H2,(H,25,26). The first-order valence-electron chi connectivity index (χ1n) is 8.81. The molecule has 2 aromatic carbocycles. The molecule has 3 aromatic rings. The molecule has 1 N–H and O–H groups in total. The third-order valence-corrected chi connectivity index (χ3v) is 4.65. The average Bonchev–Trinajstić information content (AvgIpc) is 2.73. The molecule has 0 radical (unpaired) electrons. The Morgan fingerprint density at radius 1 is 1.04 bits per heavy atom. The highest BCUT2D eigenvalue weighted by Gasteiger charge is 2.24. The molecular formula is C21H16F3N3O. The Morgan fingerprint density at radius 3 is 2.71 bits per heavy atom. The van der Waals surface area contributed by atoms with Gasteiger partial charge in [-0.3, -0.25) is 9.78 Å². The Bertz CT molecular complexity index is 1050. The number of carbonyl (C=O) groups is 1. The zero-order valence-corrected chi connectivity index (χ0v) is 14.8. The maximum absolute atomic E-state index is 13.9. The third kappa shape index (κ3) is 3.31. The minimum atomic E-state index is -1.56. The van der Waals surface area contributed by atoms with Crippen molar-refractivity contribution in [2.75, 3.05) is 16.8 Å². The van der Waals surface area contributed by atoms with Crippen molar-refractivity contribution >= 4 is 23.0 Å². The number of hydrogen-bond donors (Lipinski definition) is 1. The van der Waals surface area contributed by atoms with Crippen molar-refractivity contribution < 1.29 is 18.0 Å². The first-order valence-corrected chi connectivity index (χ1v) is 8.81. The summed E-state index contributed by atoms with van der Waals surface area (Å²) < 4.78 is 40.4. The highest BCUT2D eigenvalue weighted by Crippen LogP contribution is 2.29. The van der Waals surface area contributed by atoms with E-state index in [0.29, 0.717) is 12.2 Å². The van der Waals surface area contributed by atoms with Crippen LogP contribution in [0.2, 0.25) is 0 Å². The summed E-state index contributed by atoms with van der Waals surface area (Å²) in [5.74, 6) is -4.42. The van der Waals surface area contributed by atoms with Crippen LogP contribution >= 0.6 is 0 Å². The number of benzene rings is 2. The number of amides is 1. The monoisotopic (exact) mass is 383 g/mol. The van der Waals surface area contributed by atoms with Crippen LogP contribution in [0.25, 0.3) is 0 Å². The van der Waals surface area contributed by atoms with Gasteiger partial charge in [0.05, 0.1) is 5.69 Å². The molecule has 0 aliphatic carbocycles. The van der Waals surface area contributed by atoms with Gasteiger partial charge in [0.15, 0.2) is 17.5 Å². The van der Waals surface area contributed by atoms with Crippen molar-refractivity contribution in [1.29, 1.82) is 0 Å². The van der Waals surface area contributed by atoms with Gasteiger partial charge < -0.3 is 10.2 Å². The molecule has 2 heterocycles. The Morgan fingerprint density at radius 2 is 1.86 bits per heavy atom. The number of aromatic nitrogens is 1. The van der Waals surface area contributed by atoms with Crippen LogP contribution in [0.5, 0.6) is 0 Å². The van der Waals surface area contributed by atoms with Crippen LogP contribution in [0.15, 0.2) is 54.7 Å². The lowest BCUT2D eigenvalue weighted by Crippen LogP contribution is -2.35. The van der Waals surface area contributed by atoms with E-state index in [-0.39, 0.29) is 17.3 Å². The second-order valence-electron chi connectivity index (χ2n) is 6.47. The second kappa shape index (κ2) is 7.34. The lowest BCUT2D eigenvalue weighted by molar-refractivity contribution is 0.0980. The summed E-state index contributed by atoms with van der Waals surface area (Å²) in [5.41, 5.74) is 2.23. The number of rotatable bonds is 3. The van der Waals surface area contributed by atoms with Crippen LogP contribution in [-0.2, 0) is 6.42 Å². The van der Waals surface area contributed by atoms with Gasteiger partial charge in [-0.05, 0) is 48.7 Å². The number of para-hydroxylation sites is 1. The Labute approximate surface area is 159 Å². The Balaban J connectivity index is 1.61. The van der Waals surface area contributed by atoms with Crippen LogP contribution in [0.3, 0.4) is 0 Å². The Kier molecular flexibility index (Phi) is 4.73. The van der Waals surface area contributed by atoms with E-state index in [1.807, 2.05) is 24.3 Å². The summed E-state index contributed by atoms with van der Waals surface area (Å²) in [5, 5.41) is 2.67. The van der Waals surface area contributed by atoms with Crippen molar-refractivity contribution in [3.63, 3.8) is 0 Å². The van der Waals surface area contributed by atoms with Gasteiger partial charge in [0.25, 0.3) is 5.91 Å². The van der Waals surface area contributed by atoms with E-state index < -0.39 is 17.5 Å². The van der Waals surface area contributed by atoms with Gasteiger partial charge in [0.2, 0.25) is 0 Å². The maximum atomic E-state index is 13.9. The predicted octanol–water partition coefficient (Wildman–Crippen LogP) is 4.84. The molecule has 0 fully saturated rings. The maximum Gasteiger partial charge on any atom is 0.276 e. The van der Waals surface area contributed by atoms with Crippen LogP contribution in [-0.4, -0.2) is 17.4 Å². The zero-order chi connectivity index (χ0) is 19.7. The lowest BCUT2D eigenvalue weighted by Gasteiger charge is -2.29. The first kappa shape index (κ1) is 18.0. The second-order valence-corrected chi connectivity index (χ2v) is 6.47. The van der Waals surface area contributed by atoms with E-state index >= 15 is 0 Å². The number of nitrogens with one attached hydrogen (secondary N) is 1. The van der Waals surface area contributed by atoms with Crippen molar-refractivity contribution in [2.24, 2.45) is 0 Å². The van der Waals surface area contributed by atoms with Crippen molar-refractivity contribution in [2.45, 2.75) is 12.8 Å². The summed E-state index contributed by atoms with van der Waals surface area (Å²) in [6.07, 6.45) is 3.16. The van der Waals surface area contributed by atoms with E-state index in [9.17, 15) is 18.0 Å². The zero-order valence-electron chi connectivity index (χ0n) is 14.8. The molecule has 0 saturated carbocycles. The highest BCUT2D eigenvalue weighted by molar-refractivity contribution is 6.06. The highest BCUT2D eigenvalue weighted by atomic mass is 19.2. The number of pyridine rings is 1. The molecule has 4 nitrogen and oxygen atoms in total. The summed E-state index contributed by atoms with van der Waals surface area (Å²) in [6.45, 7) is 0.576. The number of hydrogen-bond acceptors (Lipinski definition) is 3. The number of carbonyl (C=O) groups excluding carboxylic acids is 1. The van der Waals surface area contributed by atoms with E-state index in [4.69, 9.17) is 0 Å². The number of halogens is 3. The van der Waals surface area contributed by atoms with Gasteiger partial charge in [-0.25, -0.2) is 13.2 Å². The topological polar surface area (TPSA) is 45.2 Å². The molecule has 0 unspecified atom stereocenters. The minimum absolute atomic E-state index is 0.171. The molecule has 4 rings (SSSR count). The summed E-state index contributed by atoms with van der Waals surface area (Å²) in [6, 6.07) is 12.6. The van der Waals surface area contributed by atoms with Gasteiger partial charge in [0, 0.05) is 24.1 Å². The van der Waals surface area contributed by atoms with Crippen LogP contribution < -0.4 is 10.2 Å². The molecule has 142 valence electrons. The van der Waals surface area contributed by atoms with Crippen molar-refractivity contribution in [1.82, 2.24) is 4.98 Å². The van der Waals surface area contributed by atoms with Gasteiger partial charge in [0.1, 0.15) is 5.69 Å². The molecule has 1 aliphatic heterocycles. The minimum Gasteiger partial charge on any atom is -0.353 e. The lowest BCUT2D eigenvalue weighted by atomic mass is 10.0. The largest absolute Gasteiger partial charge is 0.353 e. The molecule has 0 spiro atoms. The number of nitrogens with zero attached hydrogens (tertiary/aromatic N) is 2. The van der Waals surface area contributed by atoms with Gasteiger partial charge in [-0.2, -0.15) is 0 Å². The van der Waals surface area contributed by atoms with Crippen molar-refractivity contribution in [3.05, 3.63) is 83.4 Å². The van der Waals surface area contributed by atoms with Gasteiger partial charge >= 0.3 is 0 Å². The number of anilines is 3.